The first-order valence-corrected chi connectivity index (χ1v) is 6.81. The SMILES string of the molecule is CC(=O)Nc1ccc(SCCCCCl)cc1. The van der Waals surface area contributed by atoms with Gasteiger partial charge in [-0.25, -0.2) is 0 Å². The van der Waals surface area contributed by atoms with Crippen LogP contribution in [0.1, 0.15) is 19.8 Å². The Balaban J connectivity index is 2.36. The summed E-state index contributed by atoms with van der Waals surface area (Å²) in [7, 11) is 0. The molecule has 0 fully saturated rings. The average Bonchev–Trinajstić information content (AvgIpc) is 2.26. The molecule has 1 aromatic rings. The van der Waals surface area contributed by atoms with Crippen molar-refractivity contribution in [1.82, 2.24) is 0 Å². The second-order valence-electron chi connectivity index (χ2n) is 3.45. The quantitative estimate of drug-likeness (QED) is 0.478. The first-order valence-electron chi connectivity index (χ1n) is 5.29. The van der Waals surface area contributed by atoms with E-state index in [-0.39, 0.29) is 5.91 Å². The van der Waals surface area contributed by atoms with Gasteiger partial charge in [0.1, 0.15) is 0 Å². The first-order chi connectivity index (χ1) is 7.72. The predicted molar refractivity (Wildman–Crippen MR) is 71.4 cm³/mol. The van der Waals surface area contributed by atoms with Gasteiger partial charge in [-0.3, -0.25) is 4.79 Å². The van der Waals surface area contributed by atoms with Crippen molar-refractivity contribution in [3.63, 3.8) is 0 Å². The molecule has 0 spiro atoms. The first kappa shape index (κ1) is 13.4. The molecule has 1 aromatic carbocycles. The van der Waals surface area contributed by atoms with E-state index in [1.165, 1.54) is 11.8 Å². The molecule has 2 nitrogen and oxygen atoms in total. The van der Waals surface area contributed by atoms with Gasteiger partial charge < -0.3 is 5.32 Å². The number of nitrogens with one attached hydrogen (secondary N) is 1. The summed E-state index contributed by atoms with van der Waals surface area (Å²) < 4.78 is 0. The molecule has 1 rings (SSSR count). The van der Waals surface area contributed by atoms with Gasteiger partial charge in [0.05, 0.1) is 0 Å². The van der Waals surface area contributed by atoms with Crippen LogP contribution in [0.3, 0.4) is 0 Å². The zero-order valence-corrected chi connectivity index (χ0v) is 10.9. The topological polar surface area (TPSA) is 29.1 Å². The van der Waals surface area contributed by atoms with Crippen LogP contribution >= 0.6 is 23.4 Å². The number of rotatable bonds is 6. The second-order valence-corrected chi connectivity index (χ2v) is 5.00. The molecule has 1 N–H and O–H groups in total. The number of halogens is 1. The molecule has 0 aliphatic heterocycles. The minimum atomic E-state index is -0.0393. The summed E-state index contributed by atoms with van der Waals surface area (Å²) in [5, 5.41) is 2.74. The third-order valence-electron chi connectivity index (χ3n) is 1.97. The molecule has 0 aliphatic carbocycles. The van der Waals surface area contributed by atoms with Gasteiger partial charge in [0, 0.05) is 23.4 Å². The van der Waals surface area contributed by atoms with Crippen molar-refractivity contribution in [2.45, 2.75) is 24.7 Å². The molecule has 88 valence electrons. The molecule has 0 saturated heterocycles. The van der Waals surface area contributed by atoms with Crippen molar-refractivity contribution in [1.29, 1.82) is 0 Å². The zero-order valence-electron chi connectivity index (χ0n) is 9.33. The molecule has 4 heteroatoms. The van der Waals surface area contributed by atoms with E-state index >= 15 is 0 Å². The molecule has 0 saturated carbocycles. The molecule has 1 amide bonds. The Morgan fingerprint density at radius 3 is 2.56 bits per heavy atom. The highest BCUT2D eigenvalue weighted by atomic mass is 35.5. The Labute approximate surface area is 106 Å². The number of hydrogen-bond acceptors (Lipinski definition) is 2. The molecule has 0 radical (unpaired) electrons. The van der Waals surface area contributed by atoms with Crippen LogP contribution in [0.2, 0.25) is 0 Å². The van der Waals surface area contributed by atoms with E-state index in [1.54, 1.807) is 0 Å². The van der Waals surface area contributed by atoms with Gasteiger partial charge in [0.25, 0.3) is 0 Å². The van der Waals surface area contributed by atoms with E-state index in [0.717, 1.165) is 30.2 Å². The monoisotopic (exact) mass is 257 g/mol. The lowest BCUT2D eigenvalue weighted by molar-refractivity contribution is -0.114. The highest BCUT2D eigenvalue weighted by Gasteiger charge is 1.97. The molecule has 16 heavy (non-hydrogen) atoms. The summed E-state index contributed by atoms with van der Waals surface area (Å²) in [6, 6.07) is 7.89. The Morgan fingerprint density at radius 1 is 1.31 bits per heavy atom. The number of hydrogen-bond donors (Lipinski definition) is 1. The molecule has 0 heterocycles. The lowest BCUT2D eigenvalue weighted by atomic mass is 10.3. The smallest absolute Gasteiger partial charge is 0.221 e. The third kappa shape index (κ3) is 5.42. The van der Waals surface area contributed by atoms with Crippen LogP contribution < -0.4 is 5.32 Å². The maximum Gasteiger partial charge on any atom is 0.221 e. The van der Waals surface area contributed by atoms with Gasteiger partial charge in [-0.05, 0) is 42.9 Å². The fourth-order valence-corrected chi connectivity index (χ4v) is 2.33. The number of benzene rings is 1. The number of unbranched alkanes of at least 4 members (excludes halogenated alkanes) is 1. The zero-order chi connectivity index (χ0) is 11.8. The van der Waals surface area contributed by atoms with E-state index in [1.807, 2.05) is 36.0 Å². The van der Waals surface area contributed by atoms with Crippen LogP contribution in [0.25, 0.3) is 0 Å². The van der Waals surface area contributed by atoms with Crippen molar-refractivity contribution >= 4 is 35.0 Å². The second kappa shape index (κ2) is 7.58. The minimum Gasteiger partial charge on any atom is -0.326 e. The fourth-order valence-electron chi connectivity index (χ4n) is 1.22. The number of carbonyl (C=O) groups excluding carboxylic acids is 1. The number of amides is 1. The third-order valence-corrected chi connectivity index (χ3v) is 3.34. The molecule has 0 bridgehead atoms. The number of anilines is 1. The Hall–Kier alpha value is -0.670. The molecule has 0 unspecified atom stereocenters. The van der Waals surface area contributed by atoms with Crippen LogP contribution in [0, 0.1) is 0 Å². The number of carbonyl (C=O) groups is 1. The van der Waals surface area contributed by atoms with Crippen molar-refractivity contribution in [3.05, 3.63) is 24.3 Å². The highest BCUT2D eigenvalue weighted by molar-refractivity contribution is 7.99. The molecule has 0 aromatic heterocycles. The summed E-state index contributed by atoms with van der Waals surface area (Å²) >= 11 is 7.42. The fraction of sp³-hybridized carbons (Fsp3) is 0.417. The lowest BCUT2D eigenvalue weighted by Crippen LogP contribution is -2.05. The number of thioether (sulfide) groups is 1. The lowest BCUT2D eigenvalue weighted by Gasteiger charge is -2.04. The standard InChI is InChI=1S/C12H16ClNOS/c1-10(15)14-11-4-6-12(7-5-11)16-9-3-2-8-13/h4-7H,2-3,8-9H2,1H3,(H,14,15). The Bertz CT molecular complexity index is 326. The van der Waals surface area contributed by atoms with Crippen LogP contribution in [0.4, 0.5) is 5.69 Å². The summed E-state index contributed by atoms with van der Waals surface area (Å²) in [5.41, 5.74) is 0.845. The average molecular weight is 258 g/mol. The normalized spacial score (nSPS) is 10.1. The van der Waals surface area contributed by atoms with Gasteiger partial charge in [-0.2, -0.15) is 0 Å². The summed E-state index contributed by atoms with van der Waals surface area (Å²) in [5.74, 6) is 1.79. The Morgan fingerprint density at radius 2 is 2.00 bits per heavy atom. The maximum atomic E-state index is 10.8. The van der Waals surface area contributed by atoms with Crippen molar-refractivity contribution in [2.75, 3.05) is 16.9 Å². The van der Waals surface area contributed by atoms with Crippen molar-refractivity contribution in [2.24, 2.45) is 0 Å². The van der Waals surface area contributed by atoms with Crippen LogP contribution in [0.5, 0.6) is 0 Å². The predicted octanol–water partition coefficient (Wildman–Crippen LogP) is 3.76. The van der Waals surface area contributed by atoms with Crippen LogP contribution in [0.15, 0.2) is 29.2 Å². The minimum absolute atomic E-state index is 0.0393. The van der Waals surface area contributed by atoms with E-state index in [9.17, 15) is 4.79 Å². The van der Waals surface area contributed by atoms with Gasteiger partial charge in [0.15, 0.2) is 0 Å². The summed E-state index contributed by atoms with van der Waals surface area (Å²) in [4.78, 5) is 12.0. The van der Waals surface area contributed by atoms with E-state index < -0.39 is 0 Å². The highest BCUT2D eigenvalue weighted by Crippen LogP contribution is 2.21. The van der Waals surface area contributed by atoms with E-state index in [4.69, 9.17) is 11.6 Å². The van der Waals surface area contributed by atoms with E-state index in [2.05, 4.69) is 5.32 Å². The summed E-state index contributed by atoms with van der Waals surface area (Å²) in [6.07, 6.45) is 2.21. The largest absolute Gasteiger partial charge is 0.326 e. The summed E-state index contributed by atoms with van der Waals surface area (Å²) in [6.45, 7) is 1.51. The van der Waals surface area contributed by atoms with E-state index in [0.29, 0.717) is 0 Å². The number of alkyl halides is 1. The van der Waals surface area contributed by atoms with Gasteiger partial charge in [0.2, 0.25) is 5.91 Å². The maximum absolute atomic E-state index is 10.8. The molecule has 0 aliphatic rings. The molecule has 0 atom stereocenters. The Kier molecular flexibility index (Phi) is 6.34. The molecular formula is C12H16ClNOS. The van der Waals surface area contributed by atoms with Gasteiger partial charge in [-0.15, -0.1) is 23.4 Å². The van der Waals surface area contributed by atoms with Gasteiger partial charge in [-0.1, -0.05) is 0 Å². The van der Waals surface area contributed by atoms with Crippen molar-refractivity contribution in [3.8, 4) is 0 Å². The molecular weight excluding hydrogens is 242 g/mol. The van der Waals surface area contributed by atoms with Gasteiger partial charge >= 0.3 is 0 Å². The van der Waals surface area contributed by atoms with Crippen LogP contribution in [-0.2, 0) is 4.79 Å². The van der Waals surface area contributed by atoms with Crippen molar-refractivity contribution < 1.29 is 4.79 Å². The van der Waals surface area contributed by atoms with Crippen LogP contribution in [-0.4, -0.2) is 17.5 Å².